The third-order valence-electron chi connectivity index (χ3n) is 4.10. The van der Waals surface area contributed by atoms with Crippen LogP contribution in [0.15, 0.2) is 24.3 Å². The Morgan fingerprint density at radius 3 is 2.26 bits per heavy atom. The molecule has 0 bridgehead atoms. The average molecular weight is 334 g/mol. The minimum atomic E-state index is -0.334. The number of benzene rings is 1. The van der Waals surface area contributed by atoms with Gasteiger partial charge in [0.1, 0.15) is 0 Å². The van der Waals surface area contributed by atoms with Crippen molar-refractivity contribution in [1.29, 1.82) is 0 Å². The lowest BCUT2D eigenvalue weighted by molar-refractivity contribution is -0.129. The summed E-state index contributed by atoms with van der Waals surface area (Å²) in [6, 6.07) is 8.47. The number of aryl methyl sites for hydroxylation is 1. The molecule has 2 N–H and O–H groups in total. The molecule has 1 saturated heterocycles. The Bertz CT molecular complexity index is 555. The van der Waals surface area contributed by atoms with Crippen molar-refractivity contribution < 1.29 is 4.79 Å². The smallest absolute Gasteiger partial charge is 0.225 e. The highest BCUT2D eigenvalue weighted by atomic mass is 32.1. The number of carbonyl (C=O) groups is 1. The second-order valence-electron chi connectivity index (χ2n) is 7.28. The molecule has 23 heavy (non-hydrogen) atoms. The maximum absolute atomic E-state index is 12.1. The summed E-state index contributed by atoms with van der Waals surface area (Å²) in [6.45, 7) is 9.63. The first-order chi connectivity index (χ1) is 10.8. The van der Waals surface area contributed by atoms with Crippen molar-refractivity contribution in [3.05, 3.63) is 29.8 Å². The second-order valence-corrected chi connectivity index (χ2v) is 7.67. The number of hydrogen-bond donors (Lipinski definition) is 2. The normalized spacial score (nSPS) is 16.1. The molecule has 1 fully saturated rings. The number of likely N-dealkylation sites (tertiary alicyclic amines) is 1. The summed E-state index contributed by atoms with van der Waals surface area (Å²) in [7, 11) is 0. The van der Waals surface area contributed by atoms with E-state index in [0.717, 1.165) is 36.7 Å². The largest absolute Gasteiger partial charge is 0.353 e. The van der Waals surface area contributed by atoms with Crippen molar-refractivity contribution in [2.24, 2.45) is 5.41 Å². The van der Waals surface area contributed by atoms with Gasteiger partial charge in [0.05, 0.1) is 0 Å². The van der Waals surface area contributed by atoms with Crippen molar-refractivity contribution in [3.8, 4) is 0 Å². The fraction of sp³-hybridized carbons (Fsp3) is 0.556. The van der Waals surface area contributed by atoms with Crippen molar-refractivity contribution in [2.45, 2.75) is 46.6 Å². The van der Waals surface area contributed by atoms with Gasteiger partial charge in [-0.1, -0.05) is 38.5 Å². The van der Waals surface area contributed by atoms with E-state index >= 15 is 0 Å². The SMILES string of the molecule is Cc1ccc(NC(=S)N2CCC(NC(=O)C(C)(C)C)CC2)cc1. The van der Waals surface area contributed by atoms with Gasteiger partial charge in [0.25, 0.3) is 0 Å². The number of rotatable bonds is 2. The number of anilines is 1. The Morgan fingerprint density at radius 1 is 1.17 bits per heavy atom. The Balaban J connectivity index is 1.81. The van der Waals surface area contributed by atoms with E-state index in [2.05, 4.69) is 34.6 Å². The van der Waals surface area contributed by atoms with Crippen LogP contribution in [-0.2, 0) is 4.79 Å². The zero-order chi connectivity index (χ0) is 17.0. The van der Waals surface area contributed by atoms with E-state index in [0.29, 0.717) is 0 Å². The fourth-order valence-electron chi connectivity index (χ4n) is 2.47. The molecule has 0 saturated carbocycles. The average Bonchev–Trinajstić information content (AvgIpc) is 2.49. The molecule has 2 rings (SSSR count). The number of carbonyl (C=O) groups excluding carboxylic acids is 1. The number of hydrogen-bond acceptors (Lipinski definition) is 2. The topological polar surface area (TPSA) is 44.4 Å². The Kier molecular flexibility index (Phi) is 5.63. The highest BCUT2D eigenvalue weighted by Gasteiger charge is 2.27. The molecule has 0 aromatic heterocycles. The first-order valence-electron chi connectivity index (χ1n) is 8.19. The van der Waals surface area contributed by atoms with Gasteiger partial charge in [0.15, 0.2) is 5.11 Å². The van der Waals surface area contributed by atoms with Gasteiger partial charge in [0.2, 0.25) is 5.91 Å². The predicted molar refractivity (Wildman–Crippen MR) is 99.6 cm³/mol. The van der Waals surface area contributed by atoms with Crippen molar-refractivity contribution in [2.75, 3.05) is 18.4 Å². The minimum absolute atomic E-state index is 0.122. The lowest BCUT2D eigenvalue weighted by Gasteiger charge is -2.35. The van der Waals surface area contributed by atoms with Crippen LogP contribution >= 0.6 is 12.2 Å². The lowest BCUT2D eigenvalue weighted by atomic mass is 9.94. The first-order valence-corrected chi connectivity index (χ1v) is 8.60. The standard InChI is InChI=1S/C18H27N3OS/c1-13-5-7-14(8-6-13)20-17(23)21-11-9-15(10-12-21)19-16(22)18(2,3)4/h5-8,15H,9-12H2,1-4H3,(H,19,22)(H,20,23). The molecule has 1 heterocycles. The molecule has 126 valence electrons. The molecule has 0 aliphatic carbocycles. The van der Waals surface area contributed by atoms with E-state index in [1.165, 1.54) is 5.56 Å². The maximum Gasteiger partial charge on any atom is 0.225 e. The minimum Gasteiger partial charge on any atom is -0.353 e. The summed E-state index contributed by atoms with van der Waals surface area (Å²) in [5.74, 6) is 0.122. The molecule has 1 aromatic carbocycles. The zero-order valence-corrected chi connectivity index (χ0v) is 15.3. The van der Waals surface area contributed by atoms with Crippen LogP contribution in [0.1, 0.15) is 39.2 Å². The van der Waals surface area contributed by atoms with Crippen LogP contribution in [0.5, 0.6) is 0 Å². The molecule has 0 spiro atoms. The van der Waals surface area contributed by atoms with Gasteiger partial charge in [-0.05, 0) is 44.1 Å². The van der Waals surface area contributed by atoms with Gasteiger partial charge in [0, 0.05) is 30.2 Å². The van der Waals surface area contributed by atoms with Gasteiger partial charge in [-0.15, -0.1) is 0 Å². The summed E-state index contributed by atoms with van der Waals surface area (Å²) in [6.07, 6.45) is 1.86. The van der Waals surface area contributed by atoms with Crippen LogP contribution in [0.3, 0.4) is 0 Å². The van der Waals surface area contributed by atoms with Crippen LogP contribution in [-0.4, -0.2) is 35.1 Å². The highest BCUT2D eigenvalue weighted by molar-refractivity contribution is 7.80. The molecule has 5 heteroatoms. The summed E-state index contributed by atoms with van der Waals surface area (Å²) < 4.78 is 0. The Hall–Kier alpha value is -1.62. The van der Waals surface area contributed by atoms with Gasteiger partial charge in [-0.2, -0.15) is 0 Å². The molecular formula is C18H27N3OS. The number of nitrogens with zero attached hydrogens (tertiary/aromatic N) is 1. The molecule has 1 aliphatic heterocycles. The molecule has 0 atom stereocenters. The number of amides is 1. The number of piperidine rings is 1. The van der Waals surface area contributed by atoms with Crippen LogP contribution in [0, 0.1) is 12.3 Å². The lowest BCUT2D eigenvalue weighted by Crippen LogP contribution is -2.49. The molecule has 1 aliphatic rings. The summed E-state index contributed by atoms with van der Waals surface area (Å²) in [4.78, 5) is 14.2. The van der Waals surface area contributed by atoms with E-state index in [1.807, 2.05) is 32.9 Å². The Morgan fingerprint density at radius 2 is 1.74 bits per heavy atom. The molecule has 1 aromatic rings. The van der Waals surface area contributed by atoms with Crippen molar-refractivity contribution in [3.63, 3.8) is 0 Å². The van der Waals surface area contributed by atoms with Crippen LogP contribution < -0.4 is 10.6 Å². The van der Waals surface area contributed by atoms with E-state index in [-0.39, 0.29) is 17.4 Å². The maximum atomic E-state index is 12.1. The van der Waals surface area contributed by atoms with Crippen LogP contribution in [0.25, 0.3) is 0 Å². The van der Waals surface area contributed by atoms with Gasteiger partial charge in [-0.25, -0.2) is 0 Å². The zero-order valence-electron chi connectivity index (χ0n) is 14.5. The van der Waals surface area contributed by atoms with E-state index < -0.39 is 0 Å². The third kappa shape index (κ3) is 5.20. The molecule has 1 amide bonds. The van der Waals surface area contributed by atoms with Crippen LogP contribution in [0.2, 0.25) is 0 Å². The summed E-state index contributed by atoms with van der Waals surface area (Å²) >= 11 is 5.50. The van der Waals surface area contributed by atoms with Crippen molar-refractivity contribution >= 4 is 28.9 Å². The van der Waals surface area contributed by atoms with E-state index in [1.54, 1.807) is 0 Å². The van der Waals surface area contributed by atoms with Crippen molar-refractivity contribution in [1.82, 2.24) is 10.2 Å². The molecule has 0 radical (unpaired) electrons. The summed E-state index contributed by atoms with van der Waals surface area (Å²) in [5, 5.41) is 7.19. The highest BCUT2D eigenvalue weighted by Crippen LogP contribution is 2.17. The Labute approximate surface area is 144 Å². The molecule has 0 unspecified atom stereocenters. The van der Waals surface area contributed by atoms with Gasteiger partial charge < -0.3 is 15.5 Å². The molecule has 4 nitrogen and oxygen atoms in total. The van der Waals surface area contributed by atoms with Crippen LogP contribution in [0.4, 0.5) is 5.69 Å². The summed E-state index contributed by atoms with van der Waals surface area (Å²) in [5.41, 5.74) is 1.92. The predicted octanol–water partition coefficient (Wildman–Crippen LogP) is 3.32. The quantitative estimate of drug-likeness (QED) is 0.815. The monoisotopic (exact) mass is 333 g/mol. The van der Waals surface area contributed by atoms with Gasteiger partial charge in [-0.3, -0.25) is 4.79 Å². The number of thiocarbonyl (C=S) groups is 1. The number of nitrogens with one attached hydrogen (secondary N) is 2. The van der Waals surface area contributed by atoms with Gasteiger partial charge >= 0.3 is 0 Å². The van der Waals surface area contributed by atoms with E-state index in [4.69, 9.17) is 12.2 Å². The molecular weight excluding hydrogens is 306 g/mol. The second kappa shape index (κ2) is 7.30. The fourth-order valence-corrected chi connectivity index (χ4v) is 2.77. The van der Waals surface area contributed by atoms with E-state index in [9.17, 15) is 4.79 Å². The first kappa shape index (κ1) is 17.7. The third-order valence-corrected chi connectivity index (χ3v) is 4.46.